The SMILES string of the molecule is CC(C)N(C)c1nc(-c2ccccc2)c(CNC2CC2)s1. The molecule has 0 atom stereocenters. The maximum atomic E-state index is 4.90. The van der Waals surface area contributed by atoms with Gasteiger partial charge in [0.2, 0.25) is 0 Å². The Hall–Kier alpha value is -1.39. The third kappa shape index (κ3) is 3.44. The van der Waals surface area contributed by atoms with Crippen LogP contribution in [-0.4, -0.2) is 24.1 Å². The van der Waals surface area contributed by atoms with Crippen LogP contribution in [0.5, 0.6) is 0 Å². The van der Waals surface area contributed by atoms with Gasteiger partial charge in [-0.3, -0.25) is 0 Å². The second kappa shape index (κ2) is 6.16. The van der Waals surface area contributed by atoms with E-state index in [2.05, 4.69) is 61.4 Å². The molecule has 112 valence electrons. The average molecular weight is 301 g/mol. The molecule has 1 aliphatic rings. The van der Waals surface area contributed by atoms with Crippen molar-refractivity contribution in [3.8, 4) is 11.3 Å². The van der Waals surface area contributed by atoms with Crippen molar-refractivity contribution in [2.45, 2.75) is 45.3 Å². The monoisotopic (exact) mass is 301 g/mol. The molecular weight excluding hydrogens is 278 g/mol. The van der Waals surface area contributed by atoms with E-state index >= 15 is 0 Å². The molecule has 0 amide bonds. The Morgan fingerprint density at radius 1 is 1.29 bits per heavy atom. The highest BCUT2D eigenvalue weighted by Crippen LogP contribution is 2.34. The summed E-state index contributed by atoms with van der Waals surface area (Å²) in [6.07, 6.45) is 2.64. The van der Waals surface area contributed by atoms with Gasteiger partial charge in [0.25, 0.3) is 0 Å². The summed E-state index contributed by atoms with van der Waals surface area (Å²) in [5.74, 6) is 0. The summed E-state index contributed by atoms with van der Waals surface area (Å²) in [7, 11) is 2.12. The third-order valence-corrected chi connectivity index (χ3v) is 5.08. The molecule has 1 fully saturated rings. The normalized spacial score (nSPS) is 14.7. The van der Waals surface area contributed by atoms with E-state index < -0.39 is 0 Å². The molecule has 1 aromatic heterocycles. The first-order valence-electron chi connectivity index (χ1n) is 7.66. The Morgan fingerprint density at radius 3 is 2.62 bits per heavy atom. The van der Waals surface area contributed by atoms with Crippen LogP contribution in [0.15, 0.2) is 30.3 Å². The Labute approximate surface area is 131 Å². The minimum absolute atomic E-state index is 0.462. The second-order valence-corrected chi connectivity index (χ2v) is 7.06. The zero-order chi connectivity index (χ0) is 14.8. The molecule has 0 aliphatic heterocycles. The lowest BCUT2D eigenvalue weighted by atomic mass is 10.1. The number of hydrogen-bond donors (Lipinski definition) is 1. The summed E-state index contributed by atoms with van der Waals surface area (Å²) >= 11 is 1.81. The van der Waals surface area contributed by atoms with Crippen LogP contribution >= 0.6 is 11.3 Å². The molecule has 1 heterocycles. The van der Waals surface area contributed by atoms with Crippen LogP contribution < -0.4 is 10.2 Å². The molecule has 0 radical (unpaired) electrons. The fraction of sp³-hybridized carbons (Fsp3) is 0.471. The summed E-state index contributed by atoms with van der Waals surface area (Å²) in [5.41, 5.74) is 2.35. The van der Waals surface area contributed by atoms with Crippen LogP contribution in [0.4, 0.5) is 5.13 Å². The molecule has 3 rings (SSSR count). The number of benzene rings is 1. The van der Waals surface area contributed by atoms with E-state index in [0.717, 1.165) is 23.4 Å². The fourth-order valence-corrected chi connectivity index (χ4v) is 3.30. The van der Waals surface area contributed by atoms with E-state index in [9.17, 15) is 0 Å². The van der Waals surface area contributed by atoms with E-state index in [1.807, 2.05) is 11.3 Å². The van der Waals surface area contributed by atoms with E-state index in [4.69, 9.17) is 4.98 Å². The van der Waals surface area contributed by atoms with Gasteiger partial charge in [0, 0.05) is 36.1 Å². The molecule has 1 N–H and O–H groups in total. The van der Waals surface area contributed by atoms with Gasteiger partial charge in [-0.05, 0) is 26.7 Å². The van der Waals surface area contributed by atoms with Crippen molar-refractivity contribution >= 4 is 16.5 Å². The fourth-order valence-electron chi connectivity index (χ4n) is 2.18. The average Bonchev–Trinajstić information content (AvgIpc) is 3.23. The summed E-state index contributed by atoms with van der Waals surface area (Å²) in [4.78, 5) is 8.50. The van der Waals surface area contributed by atoms with Crippen LogP contribution in [-0.2, 0) is 6.54 Å². The second-order valence-electron chi connectivity index (χ2n) is 5.99. The summed E-state index contributed by atoms with van der Waals surface area (Å²) in [6.45, 7) is 5.33. The van der Waals surface area contributed by atoms with Crippen molar-refractivity contribution in [2.75, 3.05) is 11.9 Å². The molecule has 3 nitrogen and oxygen atoms in total. The minimum Gasteiger partial charge on any atom is -0.349 e. The molecular formula is C17H23N3S. The Bertz CT molecular complexity index is 587. The summed E-state index contributed by atoms with van der Waals surface area (Å²) in [6, 6.07) is 11.7. The van der Waals surface area contributed by atoms with Crippen molar-refractivity contribution < 1.29 is 0 Å². The van der Waals surface area contributed by atoms with Gasteiger partial charge in [0.15, 0.2) is 5.13 Å². The zero-order valence-corrected chi connectivity index (χ0v) is 13.8. The van der Waals surface area contributed by atoms with Crippen molar-refractivity contribution in [3.05, 3.63) is 35.2 Å². The van der Waals surface area contributed by atoms with E-state index in [1.165, 1.54) is 23.3 Å². The number of rotatable bonds is 6. The molecule has 21 heavy (non-hydrogen) atoms. The van der Waals surface area contributed by atoms with E-state index in [1.54, 1.807) is 0 Å². The van der Waals surface area contributed by atoms with E-state index in [-0.39, 0.29) is 0 Å². The minimum atomic E-state index is 0.462. The highest BCUT2D eigenvalue weighted by atomic mass is 32.1. The molecule has 2 aromatic rings. The standard InChI is InChI=1S/C17H23N3S/c1-12(2)20(3)17-19-16(13-7-5-4-6-8-13)15(21-17)11-18-14-9-10-14/h4-8,12,14,18H,9-11H2,1-3H3. The lowest BCUT2D eigenvalue weighted by molar-refractivity contribution is 0.695. The molecule has 0 saturated heterocycles. The molecule has 0 unspecified atom stereocenters. The van der Waals surface area contributed by atoms with Gasteiger partial charge in [-0.1, -0.05) is 41.7 Å². The summed E-state index contributed by atoms with van der Waals surface area (Å²) < 4.78 is 0. The van der Waals surface area contributed by atoms with Gasteiger partial charge in [0.1, 0.15) is 0 Å². The van der Waals surface area contributed by atoms with Crippen molar-refractivity contribution in [1.82, 2.24) is 10.3 Å². The highest BCUT2D eigenvalue weighted by molar-refractivity contribution is 7.16. The molecule has 0 bridgehead atoms. The van der Waals surface area contributed by atoms with Gasteiger partial charge in [-0.2, -0.15) is 0 Å². The molecule has 4 heteroatoms. The van der Waals surface area contributed by atoms with E-state index in [0.29, 0.717) is 6.04 Å². The number of thiazole rings is 1. The summed E-state index contributed by atoms with van der Waals surface area (Å²) in [5, 5.41) is 4.72. The molecule has 1 saturated carbocycles. The maximum Gasteiger partial charge on any atom is 0.186 e. The number of nitrogens with one attached hydrogen (secondary N) is 1. The topological polar surface area (TPSA) is 28.2 Å². The predicted molar refractivity (Wildman–Crippen MR) is 91.0 cm³/mol. The zero-order valence-electron chi connectivity index (χ0n) is 13.0. The Balaban J connectivity index is 1.90. The predicted octanol–water partition coefficient (Wildman–Crippen LogP) is 3.91. The quantitative estimate of drug-likeness (QED) is 0.877. The largest absolute Gasteiger partial charge is 0.349 e. The van der Waals surface area contributed by atoms with Crippen LogP contribution in [0.25, 0.3) is 11.3 Å². The van der Waals surface area contributed by atoms with Gasteiger partial charge in [-0.15, -0.1) is 0 Å². The maximum absolute atomic E-state index is 4.90. The Kier molecular flexibility index (Phi) is 4.27. The number of aromatic nitrogens is 1. The highest BCUT2D eigenvalue weighted by Gasteiger charge is 2.22. The van der Waals surface area contributed by atoms with Crippen LogP contribution in [0.2, 0.25) is 0 Å². The lowest BCUT2D eigenvalue weighted by Gasteiger charge is -2.19. The van der Waals surface area contributed by atoms with Crippen molar-refractivity contribution in [3.63, 3.8) is 0 Å². The molecule has 1 aromatic carbocycles. The van der Waals surface area contributed by atoms with Crippen LogP contribution in [0.1, 0.15) is 31.6 Å². The van der Waals surface area contributed by atoms with Gasteiger partial charge in [0.05, 0.1) is 5.69 Å². The lowest BCUT2D eigenvalue weighted by Crippen LogP contribution is -2.25. The third-order valence-electron chi connectivity index (χ3n) is 3.94. The van der Waals surface area contributed by atoms with Crippen molar-refractivity contribution in [1.29, 1.82) is 0 Å². The molecule has 1 aliphatic carbocycles. The van der Waals surface area contributed by atoms with Crippen LogP contribution in [0.3, 0.4) is 0 Å². The number of anilines is 1. The van der Waals surface area contributed by atoms with Crippen LogP contribution in [0, 0.1) is 0 Å². The van der Waals surface area contributed by atoms with Gasteiger partial charge in [-0.25, -0.2) is 4.98 Å². The first kappa shape index (κ1) is 14.5. The molecule has 0 spiro atoms. The smallest absolute Gasteiger partial charge is 0.186 e. The number of hydrogen-bond acceptors (Lipinski definition) is 4. The van der Waals surface area contributed by atoms with Crippen molar-refractivity contribution in [2.24, 2.45) is 0 Å². The van der Waals surface area contributed by atoms with Gasteiger partial charge < -0.3 is 10.2 Å². The first-order valence-corrected chi connectivity index (χ1v) is 8.48. The van der Waals surface area contributed by atoms with Gasteiger partial charge >= 0.3 is 0 Å². The number of nitrogens with zero attached hydrogens (tertiary/aromatic N) is 2. The Morgan fingerprint density at radius 2 is 2.00 bits per heavy atom. The first-order chi connectivity index (χ1) is 10.1.